The lowest BCUT2D eigenvalue weighted by Crippen LogP contribution is -2.48. The van der Waals surface area contributed by atoms with Crippen molar-refractivity contribution >= 4 is 10.0 Å². The second-order valence-corrected chi connectivity index (χ2v) is 9.01. The standard InChI is InChI=1S/C19H13F6N3O4S/c20-18(21,22)13-3-1-2-11(8-13)16-26-17(32-27-16)12-9-28(10-12)33(29,30)15-6-4-14(5-7-15)31-19(23,24)25/h1-8,12H,9-10H2. The summed E-state index contributed by atoms with van der Waals surface area (Å²) in [6.07, 6.45) is -9.44. The van der Waals surface area contributed by atoms with Gasteiger partial charge in [-0.2, -0.15) is 22.5 Å². The fourth-order valence-corrected chi connectivity index (χ4v) is 4.64. The molecule has 2 heterocycles. The van der Waals surface area contributed by atoms with E-state index in [1.807, 2.05) is 0 Å². The van der Waals surface area contributed by atoms with Gasteiger partial charge in [-0.3, -0.25) is 0 Å². The van der Waals surface area contributed by atoms with Gasteiger partial charge in [0.05, 0.1) is 16.4 Å². The first-order valence-electron chi connectivity index (χ1n) is 9.20. The van der Waals surface area contributed by atoms with Crippen molar-refractivity contribution in [2.75, 3.05) is 13.1 Å². The smallest absolute Gasteiger partial charge is 0.406 e. The highest BCUT2D eigenvalue weighted by Crippen LogP contribution is 2.34. The minimum atomic E-state index is -4.90. The minimum Gasteiger partial charge on any atom is -0.406 e. The zero-order valence-corrected chi connectivity index (χ0v) is 17.1. The van der Waals surface area contributed by atoms with E-state index in [0.29, 0.717) is 0 Å². The number of benzene rings is 2. The van der Waals surface area contributed by atoms with Crippen molar-refractivity contribution in [3.63, 3.8) is 0 Å². The number of ether oxygens (including phenoxy) is 1. The number of hydrogen-bond donors (Lipinski definition) is 0. The molecule has 14 heteroatoms. The Morgan fingerprint density at radius 2 is 1.67 bits per heavy atom. The second kappa shape index (κ2) is 8.02. The van der Waals surface area contributed by atoms with Crippen LogP contribution < -0.4 is 4.74 Å². The molecule has 1 aliphatic rings. The largest absolute Gasteiger partial charge is 0.573 e. The first-order chi connectivity index (χ1) is 15.3. The lowest BCUT2D eigenvalue weighted by molar-refractivity contribution is -0.274. The average Bonchev–Trinajstić information content (AvgIpc) is 3.15. The topological polar surface area (TPSA) is 85.5 Å². The van der Waals surface area contributed by atoms with Gasteiger partial charge in [0, 0.05) is 18.7 Å². The summed E-state index contributed by atoms with van der Waals surface area (Å²) in [7, 11) is -3.99. The third-order valence-electron chi connectivity index (χ3n) is 4.78. The molecule has 0 radical (unpaired) electrons. The fraction of sp³-hybridized carbons (Fsp3) is 0.263. The van der Waals surface area contributed by atoms with Crippen LogP contribution in [0.1, 0.15) is 17.4 Å². The van der Waals surface area contributed by atoms with Crippen LogP contribution >= 0.6 is 0 Å². The Bertz CT molecular complexity index is 1250. The van der Waals surface area contributed by atoms with Crippen molar-refractivity contribution in [3.05, 3.63) is 60.0 Å². The van der Waals surface area contributed by atoms with Crippen LogP contribution in [0.2, 0.25) is 0 Å². The number of rotatable bonds is 5. The molecule has 0 spiro atoms. The van der Waals surface area contributed by atoms with Crippen molar-refractivity contribution in [2.45, 2.75) is 23.4 Å². The number of alkyl halides is 6. The summed E-state index contributed by atoms with van der Waals surface area (Å²) in [4.78, 5) is 3.84. The van der Waals surface area contributed by atoms with E-state index >= 15 is 0 Å². The molecular weight excluding hydrogens is 480 g/mol. The van der Waals surface area contributed by atoms with E-state index < -0.39 is 39.8 Å². The van der Waals surface area contributed by atoms with E-state index in [-0.39, 0.29) is 35.3 Å². The van der Waals surface area contributed by atoms with Crippen molar-refractivity contribution < 1.29 is 44.0 Å². The predicted molar refractivity (Wildman–Crippen MR) is 99.4 cm³/mol. The molecule has 33 heavy (non-hydrogen) atoms. The van der Waals surface area contributed by atoms with Gasteiger partial charge in [-0.05, 0) is 36.4 Å². The van der Waals surface area contributed by atoms with E-state index in [0.717, 1.165) is 40.7 Å². The Labute approximate surface area is 182 Å². The number of nitrogens with zero attached hydrogens (tertiary/aromatic N) is 3. The highest BCUT2D eigenvalue weighted by atomic mass is 32.2. The maximum atomic E-state index is 12.9. The molecule has 1 aromatic heterocycles. The summed E-state index contributed by atoms with van der Waals surface area (Å²) in [6.45, 7) is -0.0965. The van der Waals surface area contributed by atoms with Crippen LogP contribution in [-0.4, -0.2) is 42.3 Å². The molecule has 1 saturated heterocycles. The van der Waals surface area contributed by atoms with Crippen LogP contribution in [0.5, 0.6) is 5.75 Å². The van der Waals surface area contributed by atoms with Crippen molar-refractivity contribution in [3.8, 4) is 17.1 Å². The van der Waals surface area contributed by atoms with Crippen LogP contribution in [0.15, 0.2) is 57.9 Å². The third kappa shape index (κ3) is 4.95. The Hall–Kier alpha value is -3.13. The normalized spacial score (nSPS) is 15.9. The SMILES string of the molecule is O=S(=O)(c1ccc(OC(F)(F)F)cc1)N1CC(c2nc(-c3cccc(C(F)(F)F)c3)no2)C1. The fourth-order valence-electron chi connectivity index (χ4n) is 3.11. The molecule has 0 atom stereocenters. The number of aromatic nitrogens is 2. The molecule has 1 fully saturated rings. The molecule has 176 valence electrons. The van der Waals surface area contributed by atoms with Crippen LogP contribution in [0.25, 0.3) is 11.4 Å². The van der Waals surface area contributed by atoms with Gasteiger partial charge in [0.15, 0.2) is 0 Å². The van der Waals surface area contributed by atoms with E-state index in [4.69, 9.17) is 4.52 Å². The zero-order chi connectivity index (χ0) is 24.0. The average molecular weight is 493 g/mol. The number of sulfonamides is 1. The summed E-state index contributed by atoms with van der Waals surface area (Å²) in [6, 6.07) is 8.11. The van der Waals surface area contributed by atoms with E-state index in [2.05, 4.69) is 14.9 Å². The summed E-state index contributed by atoms with van der Waals surface area (Å²) < 4.78 is 111. The van der Waals surface area contributed by atoms with E-state index in [1.54, 1.807) is 0 Å². The first-order valence-corrected chi connectivity index (χ1v) is 10.6. The second-order valence-electron chi connectivity index (χ2n) is 7.07. The van der Waals surface area contributed by atoms with Gasteiger partial charge in [0.1, 0.15) is 5.75 Å². The van der Waals surface area contributed by atoms with Crippen LogP contribution in [-0.2, 0) is 16.2 Å². The highest BCUT2D eigenvalue weighted by molar-refractivity contribution is 7.89. The summed E-state index contributed by atoms with van der Waals surface area (Å²) in [5.74, 6) is -1.06. The van der Waals surface area contributed by atoms with Crippen molar-refractivity contribution in [2.24, 2.45) is 0 Å². The van der Waals surface area contributed by atoms with E-state index in [9.17, 15) is 34.8 Å². The van der Waals surface area contributed by atoms with Gasteiger partial charge < -0.3 is 9.26 Å². The monoisotopic (exact) mass is 493 g/mol. The quantitative estimate of drug-likeness (QED) is 0.489. The minimum absolute atomic E-state index is 0.0483. The highest BCUT2D eigenvalue weighted by Gasteiger charge is 2.41. The molecular formula is C19H13F6N3O4S. The van der Waals surface area contributed by atoms with Gasteiger partial charge >= 0.3 is 12.5 Å². The molecule has 0 unspecified atom stereocenters. The van der Waals surface area contributed by atoms with Gasteiger partial charge in [-0.15, -0.1) is 13.2 Å². The van der Waals surface area contributed by atoms with Crippen LogP contribution in [0.4, 0.5) is 26.3 Å². The molecule has 1 aliphatic heterocycles. The molecule has 7 nitrogen and oxygen atoms in total. The molecule has 0 amide bonds. The zero-order valence-electron chi connectivity index (χ0n) is 16.3. The molecule has 0 bridgehead atoms. The maximum absolute atomic E-state index is 12.9. The molecule has 0 aliphatic carbocycles. The molecule has 4 rings (SSSR count). The van der Waals surface area contributed by atoms with Gasteiger partial charge in [-0.25, -0.2) is 8.42 Å². The Morgan fingerprint density at radius 3 is 2.27 bits per heavy atom. The lowest BCUT2D eigenvalue weighted by atomic mass is 10.0. The molecule has 0 saturated carbocycles. The summed E-state index contributed by atoms with van der Waals surface area (Å²) in [5.41, 5.74) is -0.788. The van der Waals surface area contributed by atoms with Crippen molar-refractivity contribution in [1.82, 2.24) is 14.4 Å². The maximum Gasteiger partial charge on any atom is 0.573 e. The van der Waals surface area contributed by atoms with Gasteiger partial charge in [-0.1, -0.05) is 17.3 Å². The molecule has 3 aromatic rings. The summed E-state index contributed by atoms with van der Waals surface area (Å²) >= 11 is 0. The van der Waals surface area contributed by atoms with Gasteiger partial charge in [0.25, 0.3) is 0 Å². The van der Waals surface area contributed by atoms with Gasteiger partial charge in [0.2, 0.25) is 21.7 Å². The van der Waals surface area contributed by atoms with Crippen molar-refractivity contribution in [1.29, 1.82) is 0 Å². The van der Waals surface area contributed by atoms with Crippen LogP contribution in [0, 0.1) is 0 Å². The van der Waals surface area contributed by atoms with Crippen LogP contribution in [0.3, 0.4) is 0 Å². The predicted octanol–water partition coefficient (Wildman–Crippen LogP) is 4.44. The Balaban J connectivity index is 1.43. The van der Waals surface area contributed by atoms with E-state index in [1.165, 1.54) is 12.1 Å². The molecule has 0 N–H and O–H groups in total. The number of hydrogen-bond acceptors (Lipinski definition) is 6. The lowest BCUT2D eigenvalue weighted by Gasteiger charge is -2.35. The third-order valence-corrected chi connectivity index (χ3v) is 6.63. The Morgan fingerprint density at radius 1 is 1.00 bits per heavy atom. The molecule has 2 aromatic carbocycles. The Kier molecular flexibility index (Phi) is 5.60. The first kappa shape index (κ1) is 23.0. The number of halogens is 6. The summed E-state index contributed by atoms with van der Waals surface area (Å²) in [5, 5.41) is 3.67.